The highest BCUT2D eigenvalue weighted by Crippen LogP contribution is 2.56. The van der Waals surface area contributed by atoms with Gasteiger partial charge in [0.1, 0.15) is 6.10 Å². The van der Waals surface area contributed by atoms with Crippen LogP contribution in [0.4, 0.5) is 13.2 Å². The fourth-order valence-electron chi connectivity index (χ4n) is 3.67. The standard InChI is InChI=1S/C18H18F3NO2/c1-16(24)10-17(11-16,15(23)14-4-2-3-9-22-14)12-5-7-13(8-6-12)18(19,20)21/h2-9,15,23-24H,10-11H2,1H3/t15-,16?,17?/m1/s1. The number of aliphatic hydroxyl groups excluding tert-OH is 1. The smallest absolute Gasteiger partial charge is 0.390 e. The van der Waals surface area contributed by atoms with E-state index in [1.54, 1.807) is 31.3 Å². The zero-order chi connectivity index (χ0) is 17.6. The number of hydrogen-bond donors (Lipinski definition) is 2. The molecule has 1 aliphatic rings. The molecule has 0 radical (unpaired) electrons. The van der Waals surface area contributed by atoms with Crippen LogP contribution in [0.2, 0.25) is 0 Å². The molecule has 1 fully saturated rings. The Kier molecular flexibility index (Phi) is 3.92. The number of rotatable bonds is 3. The normalized spacial score (nSPS) is 28.2. The molecule has 2 N–H and O–H groups in total. The summed E-state index contributed by atoms with van der Waals surface area (Å²) in [5, 5.41) is 21.0. The summed E-state index contributed by atoms with van der Waals surface area (Å²) in [5.74, 6) is 0. The lowest BCUT2D eigenvalue weighted by atomic mass is 9.53. The number of aliphatic hydroxyl groups is 2. The van der Waals surface area contributed by atoms with E-state index in [2.05, 4.69) is 4.98 Å². The van der Waals surface area contributed by atoms with Crippen molar-refractivity contribution in [1.82, 2.24) is 4.98 Å². The predicted octanol–water partition coefficient (Wildman–Crippen LogP) is 3.62. The number of nitrogens with zero attached hydrogens (tertiary/aromatic N) is 1. The molecule has 0 unspecified atom stereocenters. The summed E-state index contributed by atoms with van der Waals surface area (Å²) in [6, 6.07) is 9.91. The van der Waals surface area contributed by atoms with E-state index < -0.39 is 28.9 Å². The van der Waals surface area contributed by atoms with Crippen molar-refractivity contribution in [3.8, 4) is 0 Å². The number of pyridine rings is 1. The maximum absolute atomic E-state index is 12.8. The number of hydrogen-bond acceptors (Lipinski definition) is 3. The Bertz CT molecular complexity index is 703. The second-order valence-electron chi connectivity index (χ2n) is 6.74. The lowest BCUT2D eigenvalue weighted by Gasteiger charge is -2.54. The fraction of sp³-hybridized carbons (Fsp3) is 0.389. The van der Waals surface area contributed by atoms with Crippen molar-refractivity contribution >= 4 is 0 Å². The Labute approximate surface area is 137 Å². The molecule has 128 valence electrons. The lowest BCUT2D eigenvalue weighted by molar-refractivity contribution is -0.138. The topological polar surface area (TPSA) is 53.4 Å². The van der Waals surface area contributed by atoms with Crippen LogP contribution >= 0.6 is 0 Å². The summed E-state index contributed by atoms with van der Waals surface area (Å²) in [5.41, 5.74) is -1.53. The summed E-state index contributed by atoms with van der Waals surface area (Å²) >= 11 is 0. The van der Waals surface area contributed by atoms with E-state index in [0.717, 1.165) is 12.1 Å². The van der Waals surface area contributed by atoms with Crippen LogP contribution in [-0.4, -0.2) is 20.8 Å². The summed E-state index contributed by atoms with van der Waals surface area (Å²) in [6.45, 7) is 1.65. The maximum Gasteiger partial charge on any atom is 0.416 e. The minimum atomic E-state index is -4.41. The van der Waals surface area contributed by atoms with Gasteiger partial charge in [-0.2, -0.15) is 13.2 Å². The van der Waals surface area contributed by atoms with E-state index in [1.807, 2.05) is 0 Å². The third-order valence-electron chi connectivity index (χ3n) is 4.67. The van der Waals surface area contributed by atoms with Gasteiger partial charge in [-0.25, -0.2) is 0 Å². The first-order valence-corrected chi connectivity index (χ1v) is 7.63. The summed E-state index contributed by atoms with van der Waals surface area (Å²) in [4.78, 5) is 4.15. The molecular formula is C18H18F3NO2. The monoisotopic (exact) mass is 337 g/mol. The van der Waals surface area contributed by atoms with Crippen molar-refractivity contribution in [3.63, 3.8) is 0 Å². The first kappa shape index (κ1) is 16.9. The van der Waals surface area contributed by atoms with Crippen molar-refractivity contribution in [2.24, 2.45) is 0 Å². The van der Waals surface area contributed by atoms with Crippen LogP contribution in [0, 0.1) is 0 Å². The Balaban J connectivity index is 1.98. The number of benzene rings is 1. The molecule has 0 aliphatic heterocycles. The number of halogens is 3. The van der Waals surface area contributed by atoms with Gasteiger partial charge in [0.2, 0.25) is 0 Å². The van der Waals surface area contributed by atoms with E-state index in [9.17, 15) is 23.4 Å². The van der Waals surface area contributed by atoms with Crippen molar-refractivity contribution in [2.45, 2.75) is 43.1 Å². The zero-order valence-electron chi connectivity index (χ0n) is 13.1. The van der Waals surface area contributed by atoms with Gasteiger partial charge in [0, 0.05) is 11.6 Å². The third-order valence-corrected chi connectivity index (χ3v) is 4.67. The SMILES string of the molecule is CC1(O)CC(c2ccc(C(F)(F)F)cc2)([C@H](O)c2ccccn2)C1. The van der Waals surface area contributed by atoms with Crippen LogP contribution < -0.4 is 0 Å². The van der Waals surface area contributed by atoms with Crippen LogP contribution in [0.5, 0.6) is 0 Å². The maximum atomic E-state index is 12.8. The van der Waals surface area contributed by atoms with Crippen LogP contribution in [0.25, 0.3) is 0 Å². The van der Waals surface area contributed by atoms with Gasteiger partial charge in [0.05, 0.1) is 16.9 Å². The molecular weight excluding hydrogens is 319 g/mol. The average molecular weight is 337 g/mol. The first-order valence-electron chi connectivity index (χ1n) is 7.63. The van der Waals surface area contributed by atoms with E-state index in [-0.39, 0.29) is 12.8 Å². The van der Waals surface area contributed by atoms with E-state index in [0.29, 0.717) is 11.3 Å². The number of alkyl halides is 3. The van der Waals surface area contributed by atoms with Gasteiger partial charge in [-0.15, -0.1) is 0 Å². The fourth-order valence-corrected chi connectivity index (χ4v) is 3.67. The molecule has 0 spiro atoms. The molecule has 2 aromatic rings. The highest BCUT2D eigenvalue weighted by atomic mass is 19.4. The predicted molar refractivity (Wildman–Crippen MR) is 82.2 cm³/mol. The molecule has 24 heavy (non-hydrogen) atoms. The minimum absolute atomic E-state index is 0.253. The molecule has 6 heteroatoms. The molecule has 0 amide bonds. The summed E-state index contributed by atoms with van der Waals surface area (Å²) < 4.78 is 38.3. The van der Waals surface area contributed by atoms with E-state index in [1.165, 1.54) is 12.1 Å². The first-order chi connectivity index (χ1) is 11.1. The highest BCUT2D eigenvalue weighted by molar-refractivity contribution is 5.37. The molecule has 0 saturated heterocycles. The van der Waals surface area contributed by atoms with Crippen molar-refractivity contribution < 1.29 is 23.4 Å². The Morgan fingerprint density at radius 2 is 1.71 bits per heavy atom. The molecule has 1 aromatic carbocycles. The second kappa shape index (κ2) is 5.57. The van der Waals surface area contributed by atoms with Gasteiger partial charge < -0.3 is 10.2 Å². The molecule has 3 nitrogen and oxygen atoms in total. The molecule has 1 aromatic heterocycles. The quantitative estimate of drug-likeness (QED) is 0.899. The molecule has 1 heterocycles. The van der Waals surface area contributed by atoms with Crippen molar-refractivity contribution in [3.05, 3.63) is 65.5 Å². The van der Waals surface area contributed by atoms with Crippen molar-refractivity contribution in [1.29, 1.82) is 0 Å². The molecule has 3 rings (SSSR count). The number of aromatic nitrogens is 1. The van der Waals surface area contributed by atoms with E-state index >= 15 is 0 Å². The van der Waals surface area contributed by atoms with Crippen molar-refractivity contribution in [2.75, 3.05) is 0 Å². The Morgan fingerprint density at radius 1 is 1.08 bits per heavy atom. The summed E-state index contributed by atoms with van der Waals surface area (Å²) in [6.07, 6.45) is -3.35. The third kappa shape index (κ3) is 2.91. The molecule has 1 atom stereocenters. The Hall–Kier alpha value is -1.92. The largest absolute Gasteiger partial charge is 0.416 e. The van der Waals surface area contributed by atoms with Crippen LogP contribution in [-0.2, 0) is 11.6 Å². The van der Waals surface area contributed by atoms with Gasteiger partial charge in [0.25, 0.3) is 0 Å². The van der Waals surface area contributed by atoms with Gasteiger partial charge in [-0.05, 0) is 49.6 Å². The molecule has 0 bridgehead atoms. The minimum Gasteiger partial charge on any atom is -0.390 e. The van der Waals surface area contributed by atoms with Gasteiger partial charge in [-0.1, -0.05) is 18.2 Å². The highest BCUT2D eigenvalue weighted by Gasteiger charge is 2.56. The van der Waals surface area contributed by atoms with Gasteiger partial charge in [-0.3, -0.25) is 4.98 Å². The zero-order valence-corrected chi connectivity index (χ0v) is 13.1. The second-order valence-corrected chi connectivity index (χ2v) is 6.74. The van der Waals surface area contributed by atoms with Gasteiger partial charge >= 0.3 is 6.18 Å². The van der Waals surface area contributed by atoms with E-state index in [4.69, 9.17) is 0 Å². The molecule has 1 aliphatic carbocycles. The van der Waals surface area contributed by atoms with Crippen LogP contribution in [0.15, 0.2) is 48.7 Å². The Morgan fingerprint density at radius 3 is 2.17 bits per heavy atom. The van der Waals surface area contributed by atoms with Crippen LogP contribution in [0.1, 0.15) is 42.7 Å². The average Bonchev–Trinajstić information content (AvgIpc) is 2.51. The molecule has 1 saturated carbocycles. The van der Waals surface area contributed by atoms with Gasteiger partial charge in [0.15, 0.2) is 0 Å². The van der Waals surface area contributed by atoms with Crippen LogP contribution in [0.3, 0.4) is 0 Å². The lowest BCUT2D eigenvalue weighted by Crippen LogP contribution is -2.56. The summed E-state index contributed by atoms with van der Waals surface area (Å²) in [7, 11) is 0.